The van der Waals surface area contributed by atoms with Crippen LogP contribution in [0.5, 0.6) is 0 Å². The molecule has 0 radical (unpaired) electrons. The molecule has 2 aromatic carbocycles. The van der Waals surface area contributed by atoms with E-state index in [4.69, 9.17) is 0 Å². The van der Waals surface area contributed by atoms with Crippen LogP contribution in [0.1, 0.15) is 183 Å². The van der Waals surface area contributed by atoms with E-state index in [9.17, 15) is 27.2 Å². The van der Waals surface area contributed by atoms with E-state index in [2.05, 4.69) is 50.3 Å². The molecule has 4 aliphatic carbocycles. The van der Waals surface area contributed by atoms with Gasteiger partial charge in [-0.1, -0.05) is 119 Å². The molecule has 4 aliphatic rings. The molecule has 2 saturated carbocycles. The van der Waals surface area contributed by atoms with Crippen molar-refractivity contribution in [2.75, 3.05) is 22.9 Å². The molecular weight excluding hydrogens is 856 g/mol. The monoisotopic (exact) mass is 935 g/mol. The summed E-state index contributed by atoms with van der Waals surface area (Å²) in [4.78, 5) is 30.3. The number of hydrogen-bond acceptors (Lipinski definition) is 2. The summed E-state index contributed by atoms with van der Waals surface area (Å²) in [5.41, 5.74) is -0.709. The van der Waals surface area contributed by atoms with Gasteiger partial charge in [-0.25, -0.2) is 41.9 Å². The summed E-state index contributed by atoms with van der Waals surface area (Å²) in [5.74, 6) is -2.33. The van der Waals surface area contributed by atoms with Gasteiger partial charge in [0.05, 0.1) is 0 Å². The van der Waals surface area contributed by atoms with E-state index in [1.165, 1.54) is 37.1 Å². The molecule has 2 aromatic rings. The molecular formula is C56H78F4N2O2Ti. The number of unbranched alkanes of at least 4 members (excludes halogenated alkanes) is 4. The number of allylic oxidation sites excluding steroid dienone is 8. The Bertz CT molecular complexity index is 1650. The third-order valence-electron chi connectivity index (χ3n) is 13.5. The minimum atomic E-state index is -0.772. The minimum absolute atomic E-state index is 0. The predicted octanol–water partition coefficient (Wildman–Crippen LogP) is 16.0. The molecule has 356 valence electrons. The molecule has 2 unspecified atom stereocenters. The van der Waals surface area contributed by atoms with Gasteiger partial charge in [0, 0.05) is 47.2 Å². The number of anilines is 2. The molecule has 2 atom stereocenters. The number of rotatable bonds is 18. The summed E-state index contributed by atoms with van der Waals surface area (Å²) in [7, 11) is 0. The summed E-state index contributed by atoms with van der Waals surface area (Å²) in [5, 5.41) is 0. The SMILES string of the molecule is CCCCCC(C)(CC)C(=O)N(CC1CCCCC1)c1ccc(F)[c-]c1F.CCCCCC(C)(CC)C(=O)N(CC1CCCCC1)c1ccc(F)[c-]c1F.[C-]1=CC=CC1.[C-]1=CC=CC1.[Ti+4]. The van der Waals surface area contributed by atoms with Crippen molar-refractivity contribution in [1.29, 1.82) is 0 Å². The molecule has 0 bridgehead atoms. The van der Waals surface area contributed by atoms with Gasteiger partial charge < -0.3 is 9.80 Å². The zero-order valence-electron chi connectivity index (χ0n) is 40.6. The Hall–Kier alpha value is -3.23. The Balaban J connectivity index is 0.000000361. The van der Waals surface area contributed by atoms with Gasteiger partial charge in [0.2, 0.25) is 11.8 Å². The number of halogens is 4. The van der Waals surface area contributed by atoms with Crippen LogP contribution in [0.25, 0.3) is 0 Å². The molecule has 0 aliphatic heterocycles. The van der Waals surface area contributed by atoms with Gasteiger partial charge in [0.25, 0.3) is 0 Å². The second-order valence-corrected chi connectivity index (χ2v) is 18.6. The van der Waals surface area contributed by atoms with E-state index in [0.717, 1.165) is 116 Å². The van der Waals surface area contributed by atoms with Crippen LogP contribution in [0.2, 0.25) is 0 Å². The normalized spacial score (nSPS) is 17.3. The number of carbonyl (C=O) groups excluding carboxylic acids is 2. The van der Waals surface area contributed by atoms with Gasteiger partial charge in [-0.2, -0.15) is 12.2 Å². The molecule has 65 heavy (non-hydrogen) atoms. The van der Waals surface area contributed by atoms with Gasteiger partial charge in [0.15, 0.2) is 0 Å². The first-order chi connectivity index (χ1) is 30.8. The first-order valence-corrected chi connectivity index (χ1v) is 24.6. The van der Waals surface area contributed by atoms with E-state index < -0.39 is 34.1 Å². The van der Waals surface area contributed by atoms with Gasteiger partial charge in [-0.15, -0.1) is 49.2 Å². The van der Waals surface area contributed by atoms with Crippen molar-refractivity contribution < 1.29 is 48.9 Å². The quantitative estimate of drug-likeness (QED) is 0.0647. The maximum atomic E-state index is 14.5. The maximum Gasteiger partial charge on any atom is 4.00 e. The summed E-state index contributed by atoms with van der Waals surface area (Å²) in [6, 6.07) is 9.39. The van der Waals surface area contributed by atoms with Crippen molar-refractivity contribution in [2.24, 2.45) is 22.7 Å². The summed E-state index contributed by atoms with van der Waals surface area (Å²) >= 11 is 0. The van der Waals surface area contributed by atoms with E-state index in [1.807, 2.05) is 52.0 Å². The van der Waals surface area contributed by atoms with Gasteiger partial charge >= 0.3 is 21.7 Å². The largest absolute Gasteiger partial charge is 4.00 e. The summed E-state index contributed by atoms with van der Waals surface area (Å²) in [6.07, 6.45) is 40.7. The van der Waals surface area contributed by atoms with E-state index in [1.54, 1.807) is 9.80 Å². The first-order valence-electron chi connectivity index (χ1n) is 24.6. The third-order valence-corrected chi connectivity index (χ3v) is 13.5. The van der Waals surface area contributed by atoms with Crippen LogP contribution in [0.3, 0.4) is 0 Å². The summed E-state index contributed by atoms with van der Waals surface area (Å²) in [6.45, 7) is 13.3. The Morgan fingerprint density at radius 2 is 0.954 bits per heavy atom. The Kier molecular flexibility index (Phi) is 28.2. The van der Waals surface area contributed by atoms with Crippen LogP contribution < -0.4 is 9.80 Å². The molecule has 2 fully saturated rings. The number of carbonyl (C=O) groups is 2. The second kappa shape index (κ2) is 31.7. The molecule has 9 heteroatoms. The fourth-order valence-corrected chi connectivity index (χ4v) is 8.86. The molecule has 0 N–H and O–H groups in total. The van der Waals surface area contributed by atoms with Crippen molar-refractivity contribution in [1.82, 2.24) is 0 Å². The molecule has 0 spiro atoms. The zero-order valence-corrected chi connectivity index (χ0v) is 42.2. The van der Waals surface area contributed by atoms with Gasteiger partial charge in [-0.3, -0.25) is 21.7 Å². The Morgan fingerprint density at radius 1 is 0.585 bits per heavy atom. The molecule has 2 amide bonds. The van der Waals surface area contributed by atoms with E-state index in [-0.39, 0.29) is 44.9 Å². The molecule has 0 aromatic heterocycles. The number of amides is 2. The van der Waals surface area contributed by atoms with Crippen molar-refractivity contribution in [3.63, 3.8) is 0 Å². The number of nitrogens with zero attached hydrogens (tertiary/aromatic N) is 2. The van der Waals surface area contributed by atoms with E-state index in [0.29, 0.717) is 37.8 Å². The van der Waals surface area contributed by atoms with Crippen molar-refractivity contribution in [3.8, 4) is 0 Å². The van der Waals surface area contributed by atoms with Crippen LogP contribution in [0.4, 0.5) is 28.9 Å². The third kappa shape index (κ3) is 19.9. The average molecular weight is 935 g/mol. The molecule has 4 nitrogen and oxygen atoms in total. The van der Waals surface area contributed by atoms with Crippen LogP contribution in [-0.4, -0.2) is 24.9 Å². The zero-order chi connectivity index (χ0) is 46.8. The van der Waals surface area contributed by atoms with Crippen LogP contribution >= 0.6 is 0 Å². The summed E-state index contributed by atoms with van der Waals surface area (Å²) < 4.78 is 55.8. The minimum Gasteiger partial charge on any atom is -0.363 e. The standard InChI is InChI=1S/2C23H34F2NO.2C5H5.Ti/c2*1-4-6-10-15-23(3,5-2)22(27)26(17-18-11-8-7-9-12-18)21-14-13-19(24)16-20(21)25;2*1-2-4-5-3-1;/h2*13-14,18H,4-12,15,17H2,1-3H3;2*1-3H,4H2;/q4*-1;+4. The molecule has 0 heterocycles. The van der Waals surface area contributed by atoms with Crippen LogP contribution in [0, 0.1) is 70.2 Å². The fourth-order valence-electron chi connectivity index (χ4n) is 8.86. The fraction of sp³-hybridized carbons (Fsp3) is 0.607. The van der Waals surface area contributed by atoms with Gasteiger partial charge in [0.1, 0.15) is 0 Å². The van der Waals surface area contributed by atoms with Crippen LogP contribution in [0.15, 0.2) is 60.7 Å². The average Bonchev–Trinajstić information content (AvgIpc) is 4.10. The Morgan fingerprint density at radius 3 is 1.22 bits per heavy atom. The molecule has 0 saturated heterocycles. The smallest absolute Gasteiger partial charge is 0.363 e. The second-order valence-electron chi connectivity index (χ2n) is 18.6. The van der Waals surface area contributed by atoms with Crippen molar-refractivity contribution in [3.05, 3.63) is 108 Å². The van der Waals surface area contributed by atoms with Crippen molar-refractivity contribution in [2.45, 2.75) is 183 Å². The van der Waals surface area contributed by atoms with E-state index >= 15 is 0 Å². The van der Waals surface area contributed by atoms with Gasteiger partial charge in [-0.05, 0) is 74.6 Å². The number of hydrogen-bond donors (Lipinski definition) is 0. The Labute approximate surface area is 406 Å². The predicted molar refractivity (Wildman–Crippen MR) is 256 cm³/mol. The first kappa shape index (κ1) is 57.9. The topological polar surface area (TPSA) is 40.6 Å². The van der Waals surface area contributed by atoms with Crippen molar-refractivity contribution >= 4 is 23.2 Å². The molecule has 6 rings (SSSR count). The van der Waals surface area contributed by atoms with Crippen LogP contribution in [-0.2, 0) is 31.3 Å². The maximum absolute atomic E-state index is 14.5. The number of benzene rings is 2.